The lowest BCUT2D eigenvalue weighted by Crippen LogP contribution is -2.27. The third-order valence-corrected chi connectivity index (χ3v) is 5.78. The predicted molar refractivity (Wildman–Crippen MR) is 113 cm³/mol. The summed E-state index contributed by atoms with van der Waals surface area (Å²) in [4.78, 5) is 12.4. The summed E-state index contributed by atoms with van der Waals surface area (Å²) in [6, 6.07) is 9.59. The third-order valence-electron chi connectivity index (χ3n) is 4.71. The van der Waals surface area contributed by atoms with Crippen LogP contribution in [0.3, 0.4) is 0 Å². The molecule has 0 saturated heterocycles. The summed E-state index contributed by atoms with van der Waals surface area (Å²) in [6.07, 6.45) is 1.66. The van der Waals surface area contributed by atoms with E-state index in [4.69, 9.17) is 9.84 Å². The predicted octanol–water partition coefficient (Wildman–Crippen LogP) is 4.62. The largest absolute Gasteiger partial charge is 0.444 e. The lowest BCUT2D eigenvalue weighted by atomic mass is 10.0. The molecule has 2 atom stereocenters. The standard InChI is InChI=1S/C20H26IN3O3/c1-20(2,3)24-18(16(21)17(23-24)14-9-10-15(25)11-14)22-19(26)27-12-13-7-5-4-6-8-13/h4-8,14-15,25H,9-12H2,1-3H3,(H,22,26). The molecule has 27 heavy (non-hydrogen) atoms. The second-order valence-corrected chi connectivity index (χ2v) is 9.06. The minimum atomic E-state index is -0.500. The highest BCUT2D eigenvalue weighted by Crippen LogP contribution is 2.39. The zero-order chi connectivity index (χ0) is 19.6. The van der Waals surface area contributed by atoms with Crippen LogP contribution in [0, 0.1) is 3.57 Å². The summed E-state index contributed by atoms with van der Waals surface area (Å²) in [5, 5.41) is 17.6. The normalized spacial score (nSPS) is 19.9. The molecule has 146 valence electrons. The molecule has 2 aromatic rings. The zero-order valence-corrected chi connectivity index (χ0v) is 18.1. The first-order valence-electron chi connectivity index (χ1n) is 9.20. The van der Waals surface area contributed by atoms with Gasteiger partial charge < -0.3 is 9.84 Å². The number of halogens is 1. The highest BCUT2D eigenvalue weighted by Gasteiger charge is 2.32. The first-order valence-corrected chi connectivity index (χ1v) is 10.3. The van der Waals surface area contributed by atoms with Gasteiger partial charge in [0.05, 0.1) is 20.9 Å². The van der Waals surface area contributed by atoms with E-state index in [1.807, 2.05) is 55.8 Å². The maximum Gasteiger partial charge on any atom is 0.413 e. The fraction of sp³-hybridized carbons (Fsp3) is 0.500. The van der Waals surface area contributed by atoms with Gasteiger partial charge in [0.25, 0.3) is 0 Å². The topological polar surface area (TPSA) is 76.4 Å². The number of aliphatic hydroxyl groups excluding tert-OH is 1. The molecular weight excluding hydrogens is 457 g/mol. The van der Waals surface area contributed by atoms with Crippen LogP contribution in [-0.2, 0) is 16.9 Å². The number of hydrogen-bond donors (Lipinski definition) is 2. The first-order chi connectivity index (χ1) is 12.8. The summed E-state index contributed by atoms with van der Waals surface area (Å²) >= 11 is 2.24. The van der Waals surface area contributed by atoms with Crippen LogP contribution < -0.4 is 5.32 Å². The Hall–Kier alpha value is -1.61. The number of amides is 1. The summed E-state index contributed by atoms with van der Waals surface area (Å²) in [7, 11) is 0. The van der Waals surface area contributed by atoms with E-state index < -0.39 is 6.09 Å². The molecule has 0 aliphatic heterocycles. The maximum absolute atomic E-state index is 12.4. The Balaban J connectivity index is 1.78. The minimum Gasteiger partial charge on any atom is -0.444 e. The molecule has 2 unspecified atom stereocenters. The maximum atomic E-state index is 12.4. The molecule has 0 spiro atoms. The molecule has 0 radical (unpaired) electrons. The molecule has 1 aromatic heterocycles. The molecule has 0 bridgehead atoms. The van der Waals surface area contributed by atoms with Crippen molar-refractivity contribution in [1.82, 2.24) is 9.78 Å². The van der Waals surface area contributed by atoms with Gasteiger partial charge in [-0.05, 0) is 68.2 Å². The zero-order valence-electron chi connectivity index (χ0n) is 15.9. The first kappa shape index (κ1) is 20.1. The van der Waals surface area contributed by atoms with Gasteiger partial charge >= 0.3 is 6.09 Å². The number of aromatic nitrogens is 2. The van der Waals surface area contributed by atoms with Crippen molar-refractivity contribution in [1.29, 1.82) is 0 Å². The van der Waals surface area contributed by atoms with Gasteiger partial charge in [0.15, 0.2) is 0 Å². The van der Waals surface area contributed by atoms with Crippen LogP contribution in [0.4, 0.5) is 10.6 Å². The van der Waals surface area contributed by atoms with E-state index in [1.165, 1.54) is 0 Å². The summed E-state index contributed by atoms with van der Waals surface area (Å²) in [6.45, 7) is 6.35. The molecule has 2 N–H and O–H groups in total. The van der Waals surface area contributed by atoms with Gasteiger partial charge in [-0.25, -0.2) is 9.48 Å². The van der Waals surface area contributed by atoms with Gasteiger partial charge in [-0.1, -0.05) is 30.3 Å². The van der Waals surface area contributed by atoms with E-state index in [0.717, 1.165) is 34.1 Å². The SMILES string of the molecule is CC(C)(C)n1nc(C2CCC(O)C2)c(I)c1NC(=O)OCc1ccccc1. The van der Waals surface area contributed by atoms with Crippen molar-refractivity contribution in [3.8, 4) is 0 Å². The number of rotatable bonds is 4. The fourth-order valence-corrected chi connectivity index (χ4v) is 4.24. The van der Waals surface area contributed by atoms with Gasteiger partial charge in [0.2, 0.25) is 0 Å². The van der Waals surface area contributed by atoms with Crippen molar-refractivity contribution in [2.75, 3.05) is 5.32 Å². The molecule has 1 aromatic carbocycles. The molecule has 6 nitrogen and oxygen atoms in total. The molecule has 1 aliphatic rings. The number of anilines is 1. The van der Waals surface area contributed by atoms with E-state index in [1.54, 1.807) is 0 Å². The van der Waals surface area contributed by atoms with Crippen LogP contribution in [0.15, 0.2) is 30.3 Å². The second kappa shape index (κ2) is 8.18. The molecule has 1 fully saturated rings. The van der Waals surface area contributed by atoms with Crippen molar-refractivity contribution in [2.24, 2.45) is 0 Å². The second-order valence-electron chi connectivity index (χ2n) is 7.98. The van der Waals surface area contributed by atoms with Gasteiger partial charge in [0, 0.05) is 5.92 Å². The fourth-order valence-electron chi connectivity index (χ4n) is 3.33. The van der Waals surface area contributed by atoms with Crippen LogP contribution in [-0.4, -0.2) is 27.1 Å². The Morgan fingerprint density at radius 3 is 2.63 bits per heavy atom. The van der Waals surface area contributed by atoms with E-state index in [9.17, 15) is 9.90 Å². The van der Waals surface area contributed by atoms with Crippen molar-refractivity contribution in [3.63, 3.8) is 0 Å². The number of hydrogen-bond acceptors (Lipinski definition) is 4. The van der Waals surface area contributed by atoms with E-state index >= 15 is 0 Å². The summed E-state index contributed by atoms with van der Waals surface area (Å²) < 4.78 is 8.13. The Bertz CT molecular complexity index is 799. The van der Waals surface area contributed by atoms with Gasteiger partial charge in [-0.3, -0.25) is 5.32 Å². The third kappa shape index (κ3) is 4.82. The van der Waals surface area contributed by atoms with Crippen molar-refractivity contribution in [2.45, 2.75) is 64.2 Å². The van der Waals surface area contributed by atoms with Crippen molar-refractivity contribution < 1.29 is 14.6 Å². The lowest BCUT2D eigenvalue weighted by molar-refractivity contribution is 0.154. The highest BCUT2D eigenvalue weighted by molar-refractivity contribution is 14.1. The molecule has 3 rings (SSSR count). The average Bonchev–Trinajstić information content (AvgIpc) is 3.18. The van der Waals surface area contributed by atoms with Crippen LogP contribution in [0.25, 0.3) is 0 Å². The number of nitrogens with zero attached hydrogens (tertiary/aromatic N) is 2. The molecule has 1 amide bonds. The van der Waals surface area contributed by atoms with E-state index in [0.29, 0.717) is 5.82 Å². The van der Waals surface area contributed by atoms with E-state index in [-0.39, 0.29) is 24.2 Å². The van der Waals surface area contributed by atoms with Crippen LogP contribution in [0.5, 0.6) is 0 Å². The molecule has 1 aliphatic carbocycles. The number of aliphatic hydroxyl groups is 1. The molecule has 1 heterocycles. The Labute approximate surface area is 173 Å². The van der Waals surface area contributed by atoms with Crippen molar-refractivity contribution >= 4 is 34.5 Å². The van der Waals surface area contributed by atoms with Gasteiger partial charge in [-0.2, -0.15) is 5.10 Å². The number of ether oxygens (including phenoxy) is 1. The van der Waals surface area contributed by atoms with Crippen LogP contribution >= 0.6 is 22.6 Å². The van der Waals surface area contributed by atoms with E-state index in [2.05, 4.69) is 27.9 Å². The number of carbonyl (C=O) groups is 1. The highest BCUT2D eigenvalue weighted by atomic mass is 127. The number of benzene rings is 1. The summed E-state index contributed by atoms with van der Waals surface area (Å²) in [5.74, 6) is 0.869. The van der Waals surface area contributed by atoms with Crippen LogP contribution in [0.1, 0.15) is 57.2 Å². The lowest BCUT2D eigenvalue weighted by Gasteiger charge is -2.22. The Morgan fingerprint density at radius 2 is 2.04 bits per heavy atom. The minimum absolute atomic E-state index is 0.217. The molecule has 1 saturated carbocycles. The van der Waals surface area contributed by atoms with Gasteiger partial charge in [-0.15, -0.1) is 0 Å². The molecular formula is C20H26IN3O3. The van der Waals surface area contributed by atoms with Crippen LogP contribution in [0.2, 0.25) is 0 Å². The Kier molecular flexibility index (Phi) is 6.10. The quantitative estimate of drug-likeness (QED) is 0.623. The van der Waals surface area contributed by atoms with Gasteiger partial charge in [0.1, 0.15) is 12.4 Å². The monoisotopic (exact) mass is 483 g/mol. The number of carbonyl (C=O) groups excluding carboxylic acids is 1. The smallest absolute Gasteiger partial charge is 0.413 e. The average molecular weight is 483 g/mol. The Morgan fingerprint density at radius 1 is 1.33 bits per heavy atom. The molecule has 7 heteroatoms. The number of nitrogens with one attached hydrogen (secondary N) is 1. The summed E-state index contributed by atoms with van der Waals surface area (Å²) in [5.41, 5.74) is 1.59. The van der Waals surface area contributed by atoms with Crippen molar-refractivity contribution in [3.05, 3.63) is 45.2 Å².